The van der Waals surface area contributed by atoms with Gasteiger partial charge in [-0.15, -0.1) is 11.3 Å². The van der Waals surface area contributed by atoms with Gasteiger partial charge in [0.05, 0.1) is 5.69 Å². The largest absolute Gasteiger partial charge is 0.310 e. The molecule has 0 amide bonds. The van der Waals surface area contributed by atoms with Crippen molar-refractivity contribution in [3.8, 4) is 33.4 Å². The third kappa shape index (κ3) is 4.44. The molecule has 0 N–H and O–H groups in total. The molecule has 1 aliphatic carbocycles. The highest BCUT2D eigenvalue weighted by Gasteiger charge is 2.37. The molecular weight excluding hydrogens is 587 g/mol. The van der Waals surface area contributed by atoms with Crippen LogP contribution in [-0.2, 0) is 5.41 Å². The summed E-state index contributed by atoms with van der Waals surface area (Å²) in [4.78, 5) is 2.46. The first kappa shape index (κ1) is 27.8. The fourth-order valence-electron chi connectivity index (χ4n) is 7.60. The topological polar surface area (TPSA) is 3.24 Å². The first-order chi connectivity index (χ1) is 23.1. The summed E-state index contributed by atoms with van der Waals surface area (Å²) in [5.41, 5.74) is 13.7. The maximum absolute atomic E-state index is 2.46. The van der Waals surface area contributed by atoms with Crippen molar-refractivity contribution in [2.45, 2.75) is 19.3 Å². The molecule has 0 fully saturated rings. The van der Waals surface area contributed by atoms with Gasteiger partial charge in [0.1, 0.15) is 0 Å². The second-order valence-electron chi connectivity index (χ2n) is 12.9. The number of fused-ring (bicyclic) bond motifs is 6. The van der Waals surface area contributed by atoms with Crippen molar-refractivity contribution < 1.29 is 0 Å². The standard InChI is InChI=1S/C45H33NS/c1-45(2)39-27-25-32(28-38(39)44-35(20-13-21-40(44)45)31-16-7-4-8-17-31)46(41-22-11-9-18-34(41)30-14-5-3-6-15-30)33-24-26-37-36-19-10-12-23-42(36)47-43(37)29-33/h3-29H,1-2H3. The molecule has 0 saturated carbocycles. The predicted molar refractivity (Wildman–Crippen MR) is 202 cm³/mol. The lowest BCUT2D eigenvalue weighted by molar-refractivity contribution is 0.660. The van der Waals surface area contributed by atoms with Crippen LogP contribution in [0.4, 0.5) is 17.1 Å². The molecular formula is C45H33NS. The lowest BCUT2D eigenvalue weighted by Gasteiger charge is -2.29. The van der Waals surface area contributed by atoms with E-state index in [0.29, 0.717) is 0 Å². The Morgan fingerprint density at radius 3 is 1.87 bits per heavy atom. The lowest BCUT2D eigenvalue weighted by Crippen LogP contribution is -2.15. The van der Waals surface area contributed by atoms with Gasteiger partial charge in [-0.2, -0.15) is 0 Å². The Balaban J connectivity index is 1.30. The average molecular weight is 620 g/mol. The van der Waals surface area contributed by atoms with E-state index >= 15 is 0 Å². The van der Waals surface area contributed by atoms with Crippen LogP contribution in [0.1, 0.15) is 25.0 Å². The molecule has 0 unspecified atom stereocenters. The smallest absolute Gasteiger partial charge is 0.0540 e. The second-order valence-corrected chi connectivity index (χ2v) is 14.0. The molecule has 0 saturated heterocycles. The van der Waals surface area contributed by atoms with Gasteiger partial charge in [-0.25, -0.2) is 0 Å². The van der Waals surface area contributed by atoms with Gasteiger partial charge in [-0.1, -0.05) is 141 Å². The van der Waals surface area contributed by atoms with Crippen LogP contribution in [0.15, 0.2) is 164 Å². The van der Waals surface area contributed by atoms with Crippen molar-refractivity contribution in [2.24, 2.45) is 0 Å². The second kappa shape index (κ2) is 10.8. The SMILES string of the molecule is CC1(C)c2ccc(N(c3ccc4c(c3)sc3ccccc34)c3ccccc3-c3ccccc3)cc2-c2c(-c3ccccc3)cccc21. The zero-order chi connectivity index (χ0) is 31.5. The molecule has 0 atom stereocenters. The molecule has 224 valence electrons. The van der Waals surface area contributed by atoms with Crippen LogP contribution >= 0.6 is 11.3 Å². The molecule has 1 heterocycles. The molecule has 1 aliphatic rings. The van der Waals surface area contributed by atoms with E-state index in [4.69, 9.17) is 0 Å². The Morgan fingerprint density at radius 2 is 1.06 bits per heavy atom. The van der Waals surface area contributed by atoms with Crippen LogP contribution in [-0.4, -0.2) is 0 Å². The zero-order valence-electron chi connectivity index (χ0n) is 26.4. The summed E-state index contributed by atoms with van der Waals surface area (Å²) in [6, 6.07) is 60.1. The quantitative estimate of drug-likeness (QED) is 0.185. The molecule has 8 aromatic rings. The molecule has 2 heteroatoms. The van der Waals surface area contributed by atoms with Crippen LogP contribution in [0.3, 0.4) is 0 Å². The maximum atomic E-state index is 2.46. The normalized spacial score (nSPS) is 13.1. The van der Waals surface area contributed by atoms with Crippen molar-refractivity contribution in [2.75, 3.05) is 4.90 Å². The summed E-state index contributed by atoms with van der Waals surface area (Å²) < 4.78 is 2.62. The Labute approximate surface area is 280 Å². The third-order valence-electron chi connectivity index (χ3n) is 9.88. The minimum Gasteiger partial charge on any atom is -0.310 e. The summed E-state index contributed by atoms with van der Waals surface area (Å²) in [6.45, 7) is 4.73. The van der Waals surface area contributed by atoms with E-state index in [0.717, 1.165) is 17.1 Å². The van der Waals surface area contributed by atoms with Gasteiger partial charge in [-0.05, 0) is 75.3 Å². The summed E-state index contributed by atoms with van der Waals surface area (Å²) in [5.74, 6) is 0. The van der Waals surface area contributed by atoms with Crippen molar-refractivity contribution in [3.63, 3.8) is 0 Å². The molecule has 47 heavy (non-hydrogen) atoms. The molecule has 0 spiro atoms. The van der Waals surface area contributed by atoms with E-state index < -0.39 is 0 Å². The molecule has 0 bridgehead atoms. The van der Waals surface area contributed by atoms with Gasteiger partial charge in [-0.3, -0.25) is 0 Å². The van der Waals surface area contributed by atoms with Gasteiger partial charge in [0, 0.05) is 42.5 Å². The van der Waals surface area contributed by atoms with Gasteiger partial charge in [0.25, 0.3) is 0 Å². The summed E-state index contributed by atoms with van der Waals surface area (Å²) in [7, 11) is 0. The van der Waals surface area contributed by atoms with E-state index in [2.05, 4.69) is 183 Å². The Morgan fingerprint density at radius 1 is 0.447 bits per heavy atom. The van der Waals surface area contributed by atoms with Crippen LogP contribution < -0.4 is 4.90 Å². The predicted octanol–water partition coefficient (Wildman–Crippen LogP) is 13.2. The van der Waals surface area contributed by atoms with Crippen molar-refractivity contribution in [1.82, 2.24) is 0 Å². The number of nitrogens with zero attached hydrogens (tertiary/aromatic N) is 1. The third-order valence-corrected chi connectivity index (χ3v) is 11.0. The Hall–Kier alpha value is -5.44. The van der Waals surface area contributed by atoms with Crippen molar-refractivity contribution >= 4 is 48.6 Å². The van der Waals surface area contributed by atoms with Crippen LogP contribution in [0, 0.1) is 0 Å². The number of benzene rings is 7. The molecule has 9 rings (SSSR count). The Kier molecular flexibility index (Phi) is 6.41. The fraction of sp³-hybridized carbons (Fsp3) is 0.0667. The number of thiophene rings is 1. The maximum Gasteiger partial charge on any atom is 0.0540 e. The molecule has 0 radical (unpaired) electrons. The van der Waals surface area contributed by atoms with E-state index in [1.165, 1.54) is 64.7 Å². The molecule has 1 aromatic heterocycles. The van der Waals surface area contributed by atoms with Gasteiger partial charge >= 0.3 is 0 Å². The lowest BCUT2D eigenvalue weighted by atomic mass is 9.82. The number of hydrogen-bond acceptors (Lipinski definition) is 2. The van der Waals surface area contributed by atoms with E-state index in [1.807, 2.05) is 11.3 Å². The Bertz CT molecular complexity index is 2440. The minimum absolute atomic E-state index is 0.100. The van der Waals surface area contributed by atoms with Gasteiger partial charge in [0.15, 0.2) is 0 Å². The zero-order valence-corrected chi connectivity index (χ0v) is 27.3. The number of para-hydroxylation sites is 1. The van der Waals surface area contributed by atoms with Crippen molar-refractivity contribution in [1.29, 1.82) is 0 Å². The summed E-state index contributed by atoms with van der Waals surface area (Å²) in [5, 5.41) is 2.63. The van der Waals surface area contributed by atoms with Crippen molar-refractivity contribution in [3.05, 3.63) is 175 Å². The molecule has 1 nitrogen and oxygen atoms in total. The number of hydrogen-bond donors (Lipinski definition) is 0. The first-order valence-electron chi connectivity index (χ1n) is 16.3. The van der Waals surface area contributed by atoms with Gasteiger partial charge < -0.3 is 4.90 Å². The van der Waals surface area contributed by atoms with E-state index in [-0.39, 0.29) is 5.41 Å². The van der Waals surface area contributed by atoms with E-state index in [9.17, 15) is 0 Å². The monoisotopic (exact) mass is 619 g/mol. The number of anilines is 3. The molecule has 7 aromatic carbocycles. The van der Waals surface area contributed by atoms with Crippen LogP contribution in [0.5, 0.6) is 0 Å². The van der Waals surface area contributed by atoms with Gasteiger partial charge in [0.2, 0.25) is 0 Å². The van der Waals surface area contributed by atoms with Crippen LogP contribution in [0.25, 0.3) is 53.6 Å². The minimum atomic E-state index is -0.100. The molecule has 0 aliphatic heterocycles. The highest BCUT2D eigenvalue weighted by atomic mass is 32.1. The number of rotatable bonds is 5. The fourth-order valence-corrected chi connectivity index (χ4v) is 8.74. The first-order valence-corrected chi connectivity index (χ1v) is 17.1. The average Bonchev–Trinajstić information content (AvgIpc) is 3.61. The summed E-state index contributed by atoms with van der Waals surface area (Å²) >= 11 is 1.87. The highest BCUT2D eigenvalue weighted by molar-refractivity contribution is 7.25. The van der Waals surface area contributed by atoms with Crippen LogP contribution in [0.2, 0.25) is 0 Å². The highest BCUT2D eigenvalue weighted by Crippen LogP contribution is 2.54. The summed E-state index contributed by atoms with van der Waals surface area (Å²) in [6.07, 6.45) is 0. The van der Waals surface area contributed by atoms with E-state index in [1.54, 1.807) is 0 Å².